The molecule has 0 bridgehead atoms. The molecule has 0 aromatic heterocycles. The van der Waals surface area contributed by atoms with Crippen molar-refractivity contribution in [2.75, 3.05) is 18.9 Å². The molecule has 1 atom stereocenters. The number of quaternary nitrogens is 1. The number of hydrogen-bond donors (Lipinski definition) is 2. The zero-order valence-corrected chi connectivity index (χ0v) is 15.5. The van der Waals surface area contributed by atoms with Crippen molar-refractivity contribution in [3.63, 3.8) is 0 Å². The number of nitro groups is 1. The van der Waals surface area contributed by atoms with Gasteiger partial charge in [0.1, 0.15) is 6.54 Å². The highest BCUT2D eigenvalue weighted by atomic mass is 35.5. The van der Waals surface area contributed by atoms with Crippen LogP contribution >= 0.6 is 34.8 Å². The summed E-state index contributed by atoms with van der Waals surface area (Å²) in [6.45, 7) is 0.712. The molecular weight excluding hydrogens is 389 g/mol. The van der Waals surface area contributed by atoms with Crippen molar-refractivity contribution in [3.05, 3.63) is 67.1 Å². The lowest BCUT2D eigenvalue weighted by Crippen LogP contribution is -3.08. The first-order valence-corrected chi connectivity index (χ1v) is 8.38. The number of hydrogen-bond acceptors (Lipinski definition) is 3. The first kappa shape index (κ1) is 19.5. The number of likely N-dealkylation sites (N-methyl/N-ethyl adjacent to an activating group) is 1. The number of carbonyl (C=O) groups is 1. The molecule has 9 heteroatoms. The standard InChI is InChI=1S/C16H14Cl3N3O3/c1-21(8-10-2-3-11(17)6-13(10)18)9-16(23)20-15-5-4-12(22(24)25)7-14(15)19/h2-7H,8-9H2,1H3,(H,20,23)/p+1. The summed E-state index contributed by atoms with van der Waals surface area (Å²) in [4.78, 5) is 23.2. The van der Waals surface area contributed by atoms with Gasteiger partial charge >= 0.3 is 0 Å². The Hall–Kier alpha value is -1.86. The van der Waals surface area contributed by atoms with Crippen molar-refractivity contribution in [2.24, 2.45) is 0 Å². The van der Waals surface area contributed by atoms with Crippen molar-refractivity contribution < 1.29 is 14.6 Å². The average Bonchev–Trinajstić information content (AvgIpc) is 2.51. The zero-order valence-electron chi connectivity index (χ0n) is 13.2. The summed E-state index contributed by atoms with van der Waals surface area (Å²) in [5.41, 5.74) is 1.07. The lowest BCUT2D eigenvalue weighted by Gasteiger charge is -2.15. The van der Waals surface area contributed by atoms with E-state index in [-0.39, 0.29) is 23.2 Å². The SMILES string of the molecule is C[NH+](CC(=O)Nc1ccc([N+](=O)[O-])cc1Cl)Cc1ccc(Cl)cc1Cl. The number of anilines is 1. The number of nitrogens with zero attached hydrogens (tertiary/aromatic N) is 1. The van der Waals surface area contributed by atoms with Crippen LogP contribution in [0.2, 0.25) is 15.1 Å². The van der Waals surface area contributed by atoms with E-state index in [4.69, 9.17) is 34.8 Å². The highest BCUT2D eigenvalue weighted by Gasteiger charge is 2.15. The molecular formula is C16H15Cl3N3O3+. The van der Waals surface area contributed by atoms with E-state index in [9.17, 15) is 14.9 Å². The maximum Gasteiger partial charge on any atom is 0.279 e. The average molecular weight is 404 g/mol. The van der Waals surface area contributed by atoms with Crippen LogP contribution in [0.3, 0.4) is 0 Å². The van der Waals surface area contributed by atoms with Crippen LogP contribution in [-0.4, -0.2) is 24.4 Å². The van der Waals surface area contributed by atoms with Crippen LogP contribution in [0.5, 0.6) is 0 Å². The smallest absolute Gasteiger partial charge is 0.279 e. The molecule has 1 unspecified atom stereocenters. The molecule has 1 amide bonds. The second kappa shape index (κ2) is 8.49. The van der Waals surface area contributed by atoms with Crippen molar-refractivity contribution in [1.82, 2.24) is 0 Å². The fourth-order valence-electron chi connectivity index (χ4n) is 2.24. The third-order valence-corrected chi connectivity index (χ3v) is 4.31. The largest absolute Gasteiger partial charge is 0.326 e. The predicted octanol–water partition coefficient (Wildman–Crippen LogP) is 3.21. The fraction of sp³-hybridized carbons (Fsp3) is 0.188. The van der Waals surface area contributed by atoms with Crippen LogP contribution in [-0.2, 0) is 11.3 Å². The van der Waals surface area contributed by atoms with Crippen molar-refractivity contribution in [3.8, 4) is 0 Å². The van der Waals surface area contributed by atoms with Crippen molar-refractivity contribution in [1.29, 1.82) is 0 Å². The summed E-state index contributed by atoms with van der Waals surface area (Å²) in [7, 11) is 1.85. The summed E-state index contributed by atoms with van der Waals surface area (Å²) in [6, 6.07) is 9.10. The monoisotopic (exact) mass is 402 g/mol. The van der Waals surface area contributed by atoms with Gasteiger partial charge in [0.2, 0.25) is 0 Å². The Balaban J connectivity index is 1.96. The maximum atomic E-state index is 12.1. The molecule has 2 N–H and O–H groups in total. The molecule has 25 heavy (non-hydrogen) atoms. The Morgan fingerprint density at radius 1 is 1.16 bits per heavy atom. The van der Waals surface area contributed by atoms with E-state index in [2.05, 4.69) is 5.32 Å². The van der Waals surface area contributed by atoms with E-state index in [0.29, 0.717) is 22.3 Å². The van der Waals surface area contributed by atoms with E-state index in [1.165, 1.54) is 18.2 Å². The van der Waals surface area contributed by atoms with Crippen LogP contribution in [0.4, 0.5) is 11.4 Å². The molecule has 2 aromatic carbocycles. The van der Waals surface area contributed by atoms with Gasteiger partial charge in [-0.1, -0.05) is 40.9 Å². The summed E-state index contributed by atoms with van der Waals surface area (Å²) in [5, 5.41) is 14.6. The molecule has 0 radical (unpaired) electrons. The second-order valence-corrected chi connectivity index (χ2v) is 6.77. The van der Waals surface area contributed by atoms with Gasteiger partial charge in [0.15, 0.2) is 6.54 Å². The zero-order chi connectivity index (χ0) is 18.6. The lowest BCUT2D eigenvalue weighted by atomic mass is 10.2. The third-order valence-electron chi connectivity index (χ3n) is 3.41. The second-order valence-electron chi connectivity index (χ2n) is 5.52. The first-order valence-electron chi connectivity index (χ1n) is 7.25. The van der Waals surface area contributed by atoms with Crippen LogP contribution in [0.1, 0.15) is 5.56 Å². The lowest BCUT2D eigenvalue weighted by molar-refractivity contribution is -0.885. The molecule has 0 fully saturated rings. The number of non-ortho nitro benzene ring substituents is 1. The summed E-state index contributed by atoms with van der Waals surface area (Å²) in [6.07, 6.45) is 0. The van der Waals surface area contributed by atoms with Crippen molar-refractivity contribution >= 4 is 52.1 Å². The van der Waals surface area contributed by atoms with E-state index >= 15 is 0 Å². The summed E-state index contributed by atoms with van der Waals surface area (Å²) >= 11 is 18.0. The van der Waals surface area contributed by atoms with Gasteiger partial charge in [-0.2, -0.15) is 0 Å². The topological polar surface area (TPSA) is 76.7 Å². The molecule has 2 rings (SSSR count). The van der Waals surface area contributed by atoms with Gasteiger partial charge in [-0.05, 0) is 18.2 Å². The minimum Gasteiger partial charge on any atom is -0.326 e. The van der Waals surface area contributed by atoms with Gasteiger partial charge in [-0.3, -0.25) is 14.9 Å². The molecule has 6 nitrogen and oxygen atoms in total. The Morgan fingerprint density at radius 2 is 1.88 bits per heavy atom. The van der Waals surface area contributed by atoms with Crippen LogP contribution in [0, 0.1) is 10.1 Å². The van der Waals surface area contributed by atoms with Crippen LogP contribution in [0.25, 0.3) is 0 Å². The fourth-order valence-corrected chi connectivity index (χ4v) is 2.94. The van der Waals surface area contributed by atoms with Crippen LogP contribution in [0.15, 0.2) is 36.4 Å². The minimum absolute atomic E-state index is 0.112. The Kier molecular flexibility index (Phi) is 6.61. The number of halogens is 3. The number of rotatable bonds is 6. The minimum atomic E-state index is -0.550. The van der Waals surface area contributed by atoms with Gasteiger partial charge in [0.05, 0.1) is 27.7 Å². The number of benzene rings is 2. The van der Waals surface area contributed by atoms with Gasteiger partial charge in [0.25, 0.3) is 11.6 Å². The molecule has 0 saturated heterocycles. The predicted molar refractivity (Wildman–Crippen MR) is 98.7 cm³/mol. The summed E-state index contributed by atoms with van der Waals surface area (Å²) in [5.74, 6) is -0.265. The molecule has 0 aliphatic carbocycles. The molecule has 0 spiro atoms. The Morgan fingerprint density at radius 3 is 2.48 bits per heavy atom. The van der Waals surface area contributed by atoms with E-state index in [0.717, 1.165) is 10.5 Å². The van der Waals surface area contributed by atoms with Gasteiger partial charge in [-0.15, -0.1) is 0 Å². The number of nitrogens with one attached hydrogen (secondary N) is 2. The molecule has 0 aliphatic heterocycles. The normalized spacial score (nSPS) is 11.8. The quantitative estimate of drug-likeness (QED) is 0.574. The van der Waals surface area contributed by atoms with Gasteiger partial charge < -0.3 is 10.2 Å². The molecule has 2 aromatic rings. The van der Waals surface area contributed by atoms with Crippen LogP contribution < -0.4 is 10.2 Å². The van der Waals surface area contributed by atoms with Crippen molar-refractivity contribution in [2.45, 2.75) is 6.54 Å². The highest BCUT2D eigenvalue weighted by Crippen LogP contribution is 2.26. The number of carbonyl (C=O) groups excluding carboxylic acids is 1. The maximum absolute atomic E-state index is 12.1. The van der Waals surface area contributed by atoms with E-state index in [1.807, 2.05) is 13.1 Å². The molecule has 0 aliphatic rings. The number of nitro benzene ring substituents is 1. The Bertz CT molecular complexity index is 814. The highest BCUT2D eigenvalue weighted by molar-refractivity contribution is 6.35. The van der Waals surface area contributed by atoms with Gasteiger partial charge in [-0.25, -0.2) is 0 Å². The summed E-state index contributed by atoms with van der Waals surface area (Å²) < 4.78 is 0. The molecule has 0 heterocycles. The number of amides is 1. The van der Waals surface area contributed by atoms with E-state index in [1.54, 1.807) is 12.1 Å². The third kappa shape index (κ3) is 5.57. The molecule has 0 saturated carbocycles. The first-order chi connectivity index (χ1) is 11.8. The molecule has 132 valence electrons. The van der Waals surface area contributed by atoms with E-state index < -0.39 is 4.92 Å². The van der Waals surface area contributed by atoms with Gasteiger partial charge in [0, 0.05) is 22.7 Å². The Labute approximate surface area is 159 Å².